The highest BCUT2D eigenvalue weighted by Gasteiger charge is 2.01. The second-order valence-corrected chi connectivity index (χ2v) is 3.90. The van der Waals surface area contributed by atoms with Crippen molar-refractivity contribution in [2.24, 2.45) is 0 Å². The standard InChI is InChI=1S/C11H12N2O2S/c1-2-15-9-3-5-10(6-4-9)16-7-11(14)13-8-12/h3-6H,2,7H2,1H3,(H,13,14). The second kappa shape index (κ2) is 6.75. The van der Waals surface area contributed by atoms with Gasteiger partial charge in [-0.05, 0) is 31.2 Å². The molecule has 0 bridgehead atoms. The molecule has 0 aliphatic carbocycles. The molecular weight excluding hydrogens is 224 g/mol. The van der Waals surface area contributed by atoms with Gasteiger partial charge in [-0.25, -0.2) is 0 Å². The van der Waals surface area contributed by atoms with Crippen molar-refractivity contribution in [1.29, 1.82) is 5.26 Å². The SMILES string of the molecule is CCOc1ccc(SCC(=O)NC#N)cc1. The van der Waals surface area contributed by atoms with Crippen molar-refractivity contribution in [3.8, 4) is 11.9 Å². The van der Waals surface area contributed by atoms with Crippen molar-refractivity contribution < 1.29 is 9.53 Å². The number of nitrogens with zero attached hydrogens (tertiary/aromatic N) is 1. The molecule has 1 aromatic rings. The van der Waals surface area contributed by atoms with Crippen molar-refractivity contribution >= 4 is 17.7 Å². The van der Waals surface area contributed by atoms with E-state index < -0.39 is 0 Å². The van der Waals surface area contributed by atoms with Crippen LogP contribution in [0.25, 0.3) is 0 Å². The Hall–Kier alpha value is -1.67. The zero-order chi connectivity index (χ0) is 11.8. The lowest BCUT2D eigenvalue weighted by Crippen LogP contribution is -2.19. The molecule has 1 amide bonds. The van der Waals surface area contributed by atoms with Gasteiger partial charge in [-0.2, -0.15) is 5.26 Å². The fraction of sp³-hybridized carbons (Fsp3) is 0.273. The maximum atomic E-state index is 11.0. The van der Waals surface area contributed by atoms with Crippen molar-refractivity contribution in [3.63, 3.8) is 0 Å². The summed E-state index contributed by atoms with van der Waals surface area (Å²) in [5.74, 6) is 0.761. The van der Waals surface area contributed by atoms with Gasteiger partial charge in [0, 0.05) is 4.90 Å². The molecule has 1 rings (SSSR count). The van der Waals surface area contributed by atoms with Crippen LogP contribution in [-0.4, -0.2) is 18.3 Å². The molecule has 5 heteroatoms. The van der Waals surface area contributed by atoms with E-state index in [0.29, 0.717) is 6.61 Å². The fourth-order valence-electron chi connectivity index (χ4n) is 1.05. The molecule has 0 unspecified atom stereocenters. The van der Waals surface area contributed by atoms with Crippen LogP contribution in [0.1, 0.15) is 6.92 Å². The third-order valence-corrected chi connectivity index (χ3v) is 2.71. The molecule has 16 heavy (non-hydrogen) atoms. The minimum atomic E-state index is -0.290. The Morgan fingerprint density at radius 3 is 2.75 bits per heavy atom. The number of amides is 1. The fourth-order valence-corrected chi connectivity index (χ4v) is 1.74. The Labute approximate surface area is 98.6 Å². The average Bonchev–Trinajstić information content (AvgIpc) is 2.29. The molecule has 0 radical (unpaired) electrons. The van der Waals surface area contributed by atoms with E-state index in [1.807, 2.05) is 31.2 Å². The first-order valence-corrected chi connectivity index (χ1v) is 5.78. The summed E-state index contributed by atoms with van der Waals surface area (Å²) >= 11 is 1.38. The highest BCUT2D eigenvalue weighted by atomic mass is 32.2. The lowest BCUT2D eigenvalue weighted by molar-refractivity contribution is -0.117. The largest absolute Gasteiger partial charge is 0.494 e. The Bertz CT molecular complexity index is 384. The molecule has 84 valence electrons. The number of hydrogen-bond donors (Lipinski definition) is 1. The molecule has 0 atom stereocenters. The number of rotatable bonds is 5. The lowest BCUT2D eigenvalue weighted by atomic mass is 10.3. The third-order valence-electron chi connectivity index (χ3n) is 1.70. The monoisotopic (exact) mass is 236 g/mol. The first-order chi connectivity index (χ1) is 7.76. The summed E-state index contributed by atoms with van der Waals surface area (Å²) in [6.45, 7) is 2.56. The van der Waals surface area contributed by atoms with Gasteiger partial charge >= 0.3 is 0 Å². The van der Waals surface area contributed by atoms with Crippen molar-refractivity contribution in [3.05, 3.63) is 24.3 Å². The number of hydrogen-bond acceptors (Lipinski definition) is 4. The van der Waals surface area contributed by atoms with Crippen LogP contribution in [0.3, 0.4) is 0 Å². The summed E-state index contributed by atoms with van der Waals surface area (Å²) in [5.41, 5.74) is 0. The van der Waals surface area contributed by atoms with Crippen LogP contribution in [0, 0.1) is 11.5 Å². The van der Waals surface area contributed by atoms with Crippen LogP contribution < -0.4 is 10.1 Å². The smallest absolute Gasteiger partial charge is 0.243 e. The van der Waals surface area contributed by atoms with Gasteiger partial charge < -0.3 is 4.74 Å². The zero-order valence-electron chi connectivity index (χ0n) is 8.90. The minimum Gasteiger partial charge on any atom is -0.494 e. The normalized spacial score (nSPS) is 9.25. The summed E-state index contributed by atoms with van der Waals surface area (Å²) in [6, 6.07) is 7.48. The average molecular weight is 236 g/mol. The highest BCUT2D eigenvalue weighted by Crippen LogP contribution is 2.21. The van der Waals surface area contributed by atoms with E-state index in [1.165, 1.54) is 11.8 Å². The Morgan fingerprint density at radius 2 is 2.19 bits per heavy atom. The summed E-state index contributed by atoms with van der Waals surface area (Å²) in [7, 11) is 0. The molecular formula is C11H12N2O2S. The van der Waals surface area contributed by atoms with Crippen molar-refractivity contribution in [2.45, 2.75) is 11.8 Å². The summed E-state index contributed by atoms with van der Waals surface area (Å²) < 4.78 is 5.29. The van der Waals surface area contributed by atoms with Crippen LogP contribution in [-0.2, 0) is 4.79 Å². The van der Waals surface area contributed by atoms with Gasteiger partial charge in [0.15, 0.2) is 6.19 Å². The molecule has 0 fully saturated rings. The summed E-state index contributed by atoms with van der Waals surface area (Å²) in [4.78, 5) is 12.0. The number of carbonyl (C=O) groups excluding carboxylic acids is 1. The van der Waals surface area contributed by atoms with E-state index in [9.17, 15) is 4.79 Å². The number of carbonyl (C=O) groups is 1. The van der Waals surface area contributed by atoms with Gasteiger partial charge in [0.2, 0.25) is 5.91 Å². The van der Waals surface area contributed by atoms with Crippen molar-refractivity contribution in [2.75, 3.05) is 12.4 Å². The number of thioether (sulfide) groups is 1. The van der Waals surface area contributed by atoms with Crippen LogP contribution in [0.4, 0.5) is 0 Å². The van der Waals surface area contributed by atoms with E-state index in [0.717, 1.165) is 10.6 Å². The second-order valence-electron chi connectivity index (χ2n) is 2.85. The third kappa shape index (κ3) is 4.24. The minimum absolute atomic E-state index is 0.238. The lowest BCUT2D eigenvalue weighted by Gasteiger charge is -2.04. The predicted molar refractivity (Wildman–Crippen MR) is 62.1 cm³/mol. The molecule has 0 spiro atoms. The Morgan fingerprint density at radius 1 is 1.50 bits per heavy atom. The Balaban J connectivity index is 2.43. The first-order valence-electron chi connectivity index (χ1n) is 4.80. The first kappa shape index (κ1) is 12.4. The highest BCUT2D eigenvalue weighted by molar-refractivity contribution is 8.00. The van der Waals surface area contributed by atoms with E-state index in [4.69, 9.17) is 10.00 Å². The number of ether oxygens (including phenoxy) is 1. The van der Waals surface area contributed by atoms with E-state index in [1.54, 1.807) is 6.19 Å². The van der Waals surface area contributed by atoms with Gasteiger partial charge in [0.25, 0.3) is 0 Å². The molecule has 0 saturated carbocycles. The van der Waals surface area contributed by atoms with E-state index in [-0.39, 0.29) is 11.7 Å². The van der Waals surface area contributed by atoms with Crippen LogP contribution in [0.15, 0.2) is 29.2 Å². The molecule has 0 saturated heterocycles. The number of nitrogens with one attached hydrogen (secondary N) is 1. The van der Waals surface area contributed by atoms with E-state index in [2.05, 4.69) is 5.32 Å². The molecule has 1 aromatic carbocycles. The quantitative estimate of drug-likeness (QED) is 0.481. The van der Waals surface area contributed by atoms with E-state index >= 15 is 0 Å². The van der Waals surface area contributed by atoms with Gasteiger partial charge in [0.1, 0.15) is 5.75 Å². The maximum absolute atomic E-state index is 11.0. The van der Waals surface area contributed by atoms with Crippen LogP contribution in [0.5, 0.6) is 5.75 Å². The van der Waals surface area contributed by atoms with Gasteiger partial charge in [-0.3, -0.25) is 10.1 Å². The Kier molecular flexibility index (Phi) is 5.23. The molecule has 4 nitrogen and oxygen atoms in total. The van der Waals surface area contributed by atoms with Gasteiger partial charge in [-0.15, -0.1) is 11.8 Å². The summed E-state index contributed by atoms with van der Waals surface area (Å²) in [5, 5.41) is 10.3. The molecule has 0 heterocycles. The maximum Gasteiger partial charge on any atom is 0.243 e. The van der Waals surface area contributed by atoms with Crippen molar-refractivity contribution in [1.82, 2.24) is 5.32 Å². The molecule has 0 aliphatic rings. The zero-order valence-corrected chi connectivity index (χ0v) is 9.71. The molecule has 1 N–H and O–H groups in total. The number of nitriles is 1. The van der Waals surface area contributed by atoms with Gasteiger partial charge in [0.05, 0.1) is 12.4 Å². The predicted octanol–water partition coefficient (Wildman–Crippen LogP) is 1.77. The summed E-state index contributed by atoms with van der Waals surface area (Å²) in [6.07, 6.45) is 1.60. The molecule has 0 aromatic heterocycles. The van der Waals surface area contributed by atoms with Crippen LogP contribution >= 0.6 is 11.8 Å². The topological polar surface area (TPSA) is 62.1 Å². The molecule has 0 aliphatic heterocycles. The van der Waals surface area contributed by atoms with Gasteiger partial charge in [-0.1, -0.05) is 0 Å². The van der Waals surface area contributed by atoms with Crippen LogP contribution in [0.2, 0.25) is 0 Å². The number of benzene rings is 1.